The Labute approximate surface area is 132 Å². The van der Waals surface area contributed by atoms with Gasteiger partial charge in [-0.1, -0.05) is 26.0 Å². The maximum atomic E-state index is 6.43. The number of benzene rings is 1. The van der Waals surface area contributed by atoms with E-state index in [1.54, 1.807) is 0 Å². The van der Waals surface area contributed by atoms with Gasteiger partial charge in [-0.25, -0.2) is 4.98 Å². The van der Waals surface area contributed by atoms with E-state index < -0.39 is 0 Å². The Balaban J connectivity index is 2.13. The zero-order valence-corrected chi connectivity index (χ0v) is 14.2. The summed E-state index contributed by atoms with van der Waals surface area (Å²) in [6.07, 6.45) is 3.77. The van der Waals surface area contributed by atoms with Crippen LogP contribution < -0.4 is 0 Å². The summed E-state index contributed by atoms with van der Waals surface area (Å²) in [7, 11) is 0. The Bertz CT molecular complexity index is 644. The van der Waals surface area contributed by atoms with Gasteiger partial charge in [0, 0.05) is 6.04 Å². The molecular formula is C18H25ClN2. The second kappa shape index (κ2) is 5.64. The van der Waals surface area contributed by atoms with Crippen molar-refractivity contribution in [1.82, 2.24) is 9.55 Å². The molecule has 3 rings (SSSR count). The molecular weight excluding hydrogens is 280 g/mol. The average molecular weight is 305 g/mol. The lowest BCUT2D eigenvalue weighted by molar-refractivity contribution is 0.211. The SMILES string of the molecule is Cc1cccc2nc(C(C)Cl)n(C3CCC(C)C(C)C3)c12. The number of nitrogens with zero attached hydrogens (tertiary/aromatic N) is 2. The first-order chi connectivity index (χ1) is 9.99. The predicted octanol–water partition coefficient (Wildman–Crippen LogP) is 5.64. The number of fused-ring (bicyclic) bond motifs is 1. The second-order valence-electron chi connectivity index (χ2n) is 6.82. The van der Waals surface area contributed by atoms with Gasteiger partial charge in [0.25, 0.3) is 0 Å². The van der Waals surface area contributed by atoms with Crippen LogP contribution in [0, 0.1) is 18.8 Å². The molecule has 4 unspecified atom stereocenters. The third-order valence-corrected chi connectivity index (χ3v) is 5.43. The zero-order valence-electron chi connectivity index (χ0n) is 13.4. The van der Waals surface area contributed by atoms with Crippen LogP contribution in [-0.4, -0.2) is 9.55 Å². The monoisotopic (exact) mass is 304 g/mol. The summed E-state index contributed by atoms with van der Waals surface area (Å²) in [5.74, 6) is 2.63. The van der Waals surface area contributed by atoms with Crippen LogP contribution in [-0.2, 0) is 0 Å². The van der Waals surface area contributed by atoms with Crippen molar-refractivity contribution in [1.29, 1.82) is 0 Å². The van der Waals surface area contributed by atoms with Gasteiger partial charge in [-0.05, 0) is 56.6 Å². The highest BCUT2D eigenvalue weighted by molar-refractivity contribution is 6.20. The summed E-state index contributed by atoms with van der Waals surface area (Å²) in [5.41, 5.74) is 3.67. The first kappa shape index (κ1) is 14.9. The standard InChI is InChI=1S/C18H25ClN2/c1-11-8-9-15(10-13(11)3)21-17-12(2)6-5-7-16(17)20-18(21)14(4)19/h5-7,11,13-15H,8-10H2,1-4H3. The molecule has 3 heteroatoms. The Morgan fingerprint density at radius 3 is 2.67 bits per heavy atom. The molecule has 2 aromatic rings. The van der Waals surface area contributed by atoms with Crippen molar-refractivity contribution < 1.29 is 0 Å². The number of hydrogen-bond acceptors (Lipinski definition) is 1. The van der Waals surface area contributed by atoms with Crippen LogP contribution in [0.2, 0.25) is 0 Å². The molecule has 1 heterocycles. The van der Waals surface area contributed by atoms with Gasteiger partial charge in [-0.2, -0.15) is 0 Å². The predicted molar refractivity (Wildman–Crippen MR) is 90.0 cm³/mol. The minimum absolute atomic E-state index is 0.0496. The van der Waals surface area contributed by atoms with Crippen LogP contribution in [0.15, 0.2) is 18.2 Å². The van der Waals surface area contributed by atoms with E-state index in [-0.39, 0.29) is 5.38 Å². The fraction of sp³-hybridized carbons (Fsp3) is 0.611. The molecule has 1 aliphatic carbocycles. The summed E-state index contributed by atoms with van der Waals surface area (Å²) in [4.78, 5) is 4.82. The fourth-order valence-electron chi connectivity index (χ4n) is 3.74. The number of para-hydroxylation sites is 1. The van der Waals surface area contributed by atoms with Crippen molar-refractivity contribution >= 4 is 22.6 Å². The molecule has 114 valence electrons. The van der Waals surface area contributed by atoms with Gasteiger partial charge in [0.1, 0.15) is 5.82 Å². The van der Waals surface area contributed by atoms with E-state index in [4.69, 9.17) is 16.6 Å². The smallest absolute Gasteiger partial charge is 0.127 e. The summed E-state index contributed by atoms with van der Waals surface area (Å²) in [5, 5.41) is -0.0496. The Hall–Kier alpha value is -1.02. The van der Waals surface area contributed by atoms with Gasteiger partial charge >= 0.3 is 0 Å². The van der Waals surface area contributed by atoms with Crippen molar-refractivity contribution in [2.45, 2.75) is 58.4 Å². The average Bonchev–Trinajstić information content (AvgIpc) is 2.83. The van der Waals surface area contributed by atoms with E-state index in [2.05, 4.69) is 43.5 Å². The van der Waals surface area contributed by atoms with Gasteiger partial charge in [-0.3, -0.25) is 0 Å². The van der Waals surface area contributed by atoms with Crippen LogP contribution in [0.3, 0.4) is 0 Å². The summed E-state index contributed by atoms with van der Waals surface area (Å²) in [6.45, 7) is 8.97. The van der Waals surface area contributed by atoms with E-state index in [0.29, 0.717) is 6.04 Å². The maximum Gasteiger partial charge on any atom is 0.127 e. The van der Waals surface area contributed by atoms with E-state index in [9.17, 15) is 0 Å². The molecule has 21 heavy (non-hydrogen) atoms. The van der Waals surface area contributed by atoms with Crippen LogP contribution in [0.1, 0.15) is 62.8 Å². The molecule has 0 amide bonds. The lowest BCUT2D eigenvalue weighted by Gasteiger charge is -2.34. The first-order valence-corrected chi connectivity index (χ1v) is 8.54. The molecule has 0 spiro atoms. The molecule has 0 N–H and O–H groups in total. The number of imidazole rings is 1. The Kier molecular flexibility index (Phi) is 4.00. The van der Waals surface area contributed by atoms with Crippen molar-refractivity contribution in [2.24, 2.45) is 11.8 Å². The third-order valence-electron chi connectivity index (χ3n) is 5.23. The molecule has 4 atom stereocenters. The molecule has 2 nitrogen and oxygen atoms in total. The molecule has 1 aliphatic rings. The minimum Gasteiger partial charge on any atom is -0.323 e. The van der Waals surface area contributed by atoms with E-state index in [1.165, 1.54) is 30.3 Å². The van der Waals surface area contributed by atoms with Crippen molar-refractivity contribution in [2.75, 3.05) is 0 Å². The zero-order chi connectivity index (χ0) is 15.1. The van der Waals surface area contributed by atoms with Crippen molar-refractivity contribution in [3.05, 3.63) is 29.6 Å². The van der Waals surface area contributed by atoms with Crippen LogP contribution in [0.4, 0.5) is 0 Å². The van der Waals surface area contributed by atoms with Gasteiger partial charge in [0.15, 0.2) is 0 Å². The molecule has 1 aromatic carbocycles. The van der Waals surface area contributed by atoms with Crippen molar-refractivity contribution in [3.8, 4) is 0 Å². The van der Waals surface area contributed by atoms with Gasteiger partial charge < -0.3 is 4.57 Å². The van der Waals surface area contributed by atoms with E-state index in [1.807, 2.05) is 6.92 Å². The van der Waals surface area contributed by atoms with Gasteiger partial charge in [0.05, 0.1) is 16.4 Å². The fourth-order valence-corrected chi connectivity index (χ4v) is 3.90. The van der Waals surface area contributed by atoms with Crippen LogP contribution in [0.5, 0.6) is 0 Å². The molecule has 0 saturated heterocycles. The van der Waals surface area contributed by atoms with Crippen LogP contribution in [0.25, 0.3) is 11.0 Å². The molecule has 1 aromatic heterocycles. The maximum absolute atomic E-state index is 6.43. The van der Waals surface area contributed by atoms with E-state index in [0.717, 1.165) is 23.2 Å². The highest BCUT2D eigenvalue weighted by Crippen LogP contribution is 2.40. The quantitative estimate of drug-likeness (QED) is 0.656. The number of aryl methyl sites for hydroxylation is 1. The Morgan fingerprint density at radius 1 is 1.24 bits per heavy atom. The molecule has 1 fully saturated rings. The molecule has 0 radical (unpaired) electrons. The topological polar surface area (TPSA) is 17.8 Å². The van der Waals surface area contributed by atoms with Gasteiger partial charge in [-0.15, -0.1) is 11.6 Å². The number of aromatic nitrogens is 2. The van der Waals surface area contributed by atoms with Crippen LogP contribution >= 0.6 is 11.6 Å². The second-order valence-corrected chi connectivity index (χ2v) is 7.47. The molecule has 1 saturated carbocycles. The lowest BCUT2D eigenvalue weighted by atomic mass is 9.79. The normalized spacial score (nSPS) is 28.0. The largest absolute Gasteiger partial charge is 0.323 e. The minimum atomic E-state index is -0.0496. The summed E-state index contributed by atoms with van der Waals surface area (Å²) >= 11 is 6.43. The highest BCUT2D eigenvalue weighted by atomic mass is 35.5. The summed E-state index contributed by atoms with van der Waals surface area (Å²) < 4.78 is 2.45. The van der Waals surface area contributed by atoms with Crippen molar-refractivity contribution in [3.63, 3.8) is 0 Å². The third kappa shape index (κ3) is 2.59. The molecule has 0 bridgehead atoms. The summed E-state index contributed by atoms with van der Waals surface area (Å²) in [6, 6.07) is 6.91. The van der Waals surface area contributed by atoms with E-state index >= 15 is 0 Å². The Morgan fingerprint density at radius 2 is 2.00 bits per heavy atom. The van der Waals surface area contributed by atoms with Gasteiger partial charge in [0.2, 0.25) is 0 Å². The lowest BCUT2D eigenvalue weighted by Crippen LogP contribution is -2.24. The first-order valence-electron chi connectivity index (χ1n) is 8.10. The highest BCUT2D eigenvalue weighted by Gasteiger charge is 2.29. The molecule has 0 aliphatic heterocycles. The number of hydrogen-bond donors (Lipinski definition) is 0. The number of rotatable bonds is 2. The number of halogens is 1. The number of alkyl halides is 1.